The first kappa shape index (κ1) is 10.6. The normalized spacial score (nSPS) is 10.6. The quantitative estimate of drug-likeness (QED) is 0.787. The third-order valence-corrected chi connectivity index (χ3v) is 2.38. The van der Waals surface area contributed by atoms with Gasteiger partial charge in [-0.05, 0) is 32.0 Å². The second kappa shape index (κ2) is 4.28. The molecule has 3 heteroatoms. The number of benzene rings is 1. The van der Waals surface area contributed by atoms with Crippen LogP contribution in [0.3, 0.4) is 0 Å². The Balaban J connectivity index is 2.49. The molecule has 0 spiro atoms. The molecule has 1 aromatic heterocycles. The van der Waals surface area contributed by atoms with Gasteiger partial charge in [-0.15, -0.1) is 0 Å². The van der Waals surface area contributed by atoms with Crippen molar-refractivity contribution in [1.29, 1.82) is 5.26 Å². The van der Waals surface area contributed by atoms with Gasteiger partial charge < -0.3 is 9.30 Å². The lowest BCUT2D eigenvalue weighted by Gasteiger charge is -2.10. The van der Waals surface area contributed by atoms with Crippen LogP contribution in [0, 0.1) is 11.3 Å². The van der Waals surface area contributed by atoms with E-state index in [0.717, 1.165) is 16.7 Å². The van der Waals surface area contributed by atoms with Gasteiger partial charge in [0.05, 0.1) is 17.7 Å². The summed E-state index contributed by atoms with van der Waals surface area (Å²) < 4.78 is 7.64. The van der Waals surface area contributed by atoms with E-state index in [1.54, 1.807) is 0 Å². The molecule has 0 aliphatic heterocycles. The van der Waals surface area contributed by atoms with E-state index in [9.17, 15) is 0 Å². The van der Waals surface area contributed by atoms with Crippen molar-refractivity contribution in [1.82, 2.24) is 4.57 Å². The van der Waals surface area contributed by atoms with Gasteiger partial charge in [-0.2, -0.15) is 5.26 Å². The zero-order valence-corrected chi connectivity index (χ0v) is 9.47. The number of aromatic nitrogens is 1. The highest BCUT2D eigenvalue weighted by atomic mass is 16.5. The molecule has 0 saturated heterocycles. The third kappa shape index (κ3) is 1.87. The Morgan fingerprint density at radius 1 is 1.38 bits per heavy atom. The van der Waals surface area contributed by atoms with Gasteiger partial charge in [-0.3, -0.25) is 0 Å². The number of nitriles is 1. The number of rotatable bonds is 3. The van der Waals surface area contributed by atoms with Crippen LogP contribution in [-0.2, 0) is 6.54 Å². The Hall–Kier alpha value is -1.95. The van der Waals surface area contributed by atoms with Crippen molar-refractivity contribution in [3.8, 4) is 11.8 Å². The van der Waals surface area contributed by atoms with Gasteiger partial charge in [-0.1, -0.05) is 6.07 Å². The molecule has 1 aromatic carbocycles. The Kier molecular flexibility index (Phi) is 2.82. The van der Waals surface area contributed by atoms with E-state index in [1.165, 1.54) is 0 Å². The molecule has 0 fully saturated rings. The van der Waals surface area contributed by atoms with Crippen molar-refractivity contribution >= 4 is 10.9 Å². The molecule has 0 atom stereocenters. The van der Waals surface area contributed by atoms with Gasteiger partial charge in [0.15, 0.2) is 0 Å². The summed E-state index contributed by atoms with van der Waals surface area (Å²) in [7, 11) is 0. The highest BCUT2D eigenvalue weighted by Gasteiger charge is 2.07. The first-order chi connectivity index (χ1) is 7.72. The van der Waals surface area contributed by atoms with E-state index >= 15 is 0 Å². The summed E-state index contributed by atoms with van der Waals surface area (Å²) in [6.07, 6.45) is 2.08. The largest absolute Gasteiger partial charge is 0.490 e. The summed E-state index contributed by atoms with van der Waals surface area (Å²) in [5.74, 6) is 0.879. The monoisotopic (exact) mass is 214 g/mol. The van der Waals surface area contributed by atoms with Crippen molar-refractivity contribution in [2.45, 2.75) is 26.5 Å². The molecular weight excluding hydrogens is 200 g/mol. The average molecular weight is 214 g/mol. The number of hydrogen-bond acceptors (Lipinski definition) is 2. The fourth-order valence-corrected chi connectivity index (χ4v) is 1.77. The molecule has 0 N–H and O–H groups in total. The second-order valence-electron chi connectivity index (χ2n) is 3.96. The lowest BCUT2D eigenvalue weighted by molar-refractivity contribution is 0.245. The maximum Gasteiger partial charge on any atom is 0.129 e. The lowest BCUT2D eigenvalue weighted by Crippen LogP contribution is -2.05. The van der Waals surface area contributed by atoms with Crippen LogP contribution in [0.25, 0.3) is 10.9 Å². The van der Waals surface area contributed by atoms with Crippen LogP contribution in [0.1, 0.15) is 13.8 Å². The topological polar surface area (TPSA) is 38.0 Å². The average Bonchev–Trinajstić information content (AvgIpc) is 2.63. The summed E-state index contributed by atoms with van der Waals surface area (Å²) in [4.78, 5) is 0. The first-order valence-electron chi connectivity index (χ1n) is 5.34. The molecule has 0 radical (unpaired) electrons. The molecule has 16 heavy (non-hydrogen) atoms. The fourth-order valence-electron chi connectivity index (χ4n) is 1.77. The van der Waals surface area contributed by atoms with Crippen LogP contribution in [0.2, 0.25) is 0 Å². The van der Waals surface area contributed by atoms with Gasteiger partial charge in [0.2, 0.25) is 0 Å². The van der Waals surface area contributed by atoms with Crippen LogP contribution in [0.5, 0.6) is 5.75 Å². The van der Waals surface area contributed by atoms with Gasteiger partial charge >= 0.3 is 0 Å². The van der Waals surface area contributed by atoms with Crippen LogP contribution in [-0.4, -0.2) is 10.7 Å². The van der Waals surface area contributed by atoms with E-state index < -0.39 is 0 Å². The highest BCUT2D eigenvalue weighted by molar-refractivity contribution is 5.86. The maximum atomic E-state index is 8.71. The molecule has 0 aliphatic rings. The Labute approximate surface area is 94.9 Å². The summed E-state index contributed by atoms with van der Waals surface area (Å²) in [6.45, 7) is 4.38. The fraction of sp³-hybridized carbons (Fsp3) is 0.308. The number of hydrogen-bond donors (Lipinski definition) is 0. The van der Waals surface area contributed by atoms with Crippen molar-refractivity contribution in [2.75, 3.05) is 0 Å². The number of nitrogens with zero attached hydrogens (tertiary/aromatic N) is 2. The van der Waals surface area contributed by atoms with E-state index in [-0.39, 0.29) is 6.10 Å². The standard InChI is InChI=1S/C13H14N2O/c1-10(2)16-13-5-3-4-12-11(13)6-8-15(12)9-7-14/h3-6,8,10H,9H2,1-2H3. The number of fused-ring (bicyclic) bond motifs is 1. The van der Waals surface area contributed by atoms with Crippen molar-refractivity contribution < 1.29 is 4.74 Å². The molecule has 0 amide bonds. The molecule has 0 saturated carbocycles. The predicted molar refractivity (Wildman–Crippen MR) is 63.3 cm³/mol. The Morgan fingerprint density at radius 3 is 2.88 bits per heavy atom. The minimum atomic E-state index is 0.157. The van der Waals surface area contributed by atoms with E-state index in [2.05, 4.69) is 6.07 Å². The first-order valence-corrected chi connectivity index (χ1v) is 5.34. The molecule has 0 bridgehead atoms. The van der Waals surface area contributed by atoms with Gasteiger partial charge in [0, 0.05) is 11.6 Å². The molecule has 82 valence electrons. The molecular formula is C13H14N2O. The Bertz CT molecular complexity index is 534. The Morgan fingerprint density at radius 2 is 2.19 bits per heavy atom. The zero-order valence-electron chi connectivity index (χ0n) is 9.47. The predicted octanol–water partition coefficient (Wildman–Crippen LogP) is 2.95. The zero-order chi connectivity index (χ0) is 11.5. The smallest absolute Gasteiger partial charge is 0.129 e. The summed E-state index contributed by atoms with van der Waals surface area (Å²) in [5.41, 5.74) is 1.04. The van der Waals surface area contributed by atoms with E-state index in [4.69, 9.17) is 10.00 Å². The SMILES string of the molecule is CC(C)Oc1cccc2c1ccn2CC#N. The van der Waals surface area contributed by atoms with Crippen LogP contribution >= 0.6 is 0 Å². The van der Waals surface area contributed by atoms with Crippen molar-refractivity contribution in [3.05, 3.63) is 30.5 Å². The molecule has 1 heterocycles. The molecule has 2 aromatic rings. The number of ether oxygens (including phenoxy) is 1. The minimum absolute atomic E-state index is 0.157. The minimum Gasteiger partial charge on any atom is -0.490 e. The molecule has 0 aliphatic carbocycles. The van der Waals surface area contributed by atoms with Crippen LogP contribution in [0.4, 0.5) is 0 Å². The maximum absolute atomic E-state index is 8.71. The van der Waals surface area contributed by atoms with E-state index in [1.807, 2.05) is 48.9 Å². The van der Waals surface area contributed by atoms with Crippen LogP contribution in [0.15, 0.2) is 30.5 Å². The highest BCUT2D eigenvalue weighted by Crippen LogP contribution is 2.27. The van der Waals surface area contributed by atoms with Crippen molar-refractivity contribution in [2.24, 2.45) is 0 Å². The molecule has 0 unspecified atom stereocenters. The second-order valence-corrected chi connectivity index (χ2v) is 3.96. The van der Waals surface area contributed by atoms with Crippen LogP contribution < -0.4 is 4.74 Å². The summed E-state index contributed by atoms with van der Waals surface area (Å²) in [5, 5.41) is 9.77. The van der Waals surface area contributed by atoms with Gasteiger partial charge in [-0.25, -0.2) is 0 Å². The third-order valence-electron chi connectivity index (χ3n) is 2.38. The lowest BCUT2D eigenvalue weighted by atomic mass is 10.2. The molecule has 2 rings (SSSR count). The molecule has 3 nitrogen and oxygen atoms in total. The van der Waals surface area contributed by atoms with E-state index in [0.29, 0.717) is 6.54 Å². The summed E-state index contributed by atoms with van der Waals surface area (Å²) in [6, 6.07) is 10.0. The van der Waals surface area contributed by atoms with Gasteiger partial charge in [0.1, 0.15) is 12.3 Å². The van der Waals surface area contributed by atoms with Gasteiger partial charge in [0.25, 0.3) is 0 Å². The van der Waals surface area contributed by atoms with Crippen molar-refractivity contribution in [3.63, 3.8) is 0 Å². The summed E-state index contributed by atoms with van der Waals surface area (Å²) >= 11 is 0.